The Morgan fingerprint density at radius 3 is 2.27 bits per heavy atom. The van der Waals surface area contributed by atoms with Crippen LogP contribution in [0, 0.1) is 0 Å². The van der Waals surface area contributed by atoms with Gasteiger partial charge in [0.25, 0.3) is 5.92 Å². The van der Waals surface area contributed by atoms with E-state index >= 15 is 0 Å². The Kier molecular flexibility index (Phi) is 1.75. The highest BCUT2D eigenvalue weighted by atomic mass is 19.3. The molecular weight excluding hydrogens is 164 g/mol. The number of aliphatic hydroxyl groups is 1. The van der Waals surface area contributed by atoms with E-state index in [0.29, 0.717) is 0 Å². The van der Waals surface area contributed by atoms with Crippen LogP contribution in [0.1, 0.15) is 0 Å². The topological polar surface area (TPSA) is 20.2 Å². The molecule has 0 saturated heterocycles. The third kappa shape index (κ3) is 1.42. The fraction of sp³-hybridized carbons (Fsp3) is 0.333. The van der Waals surface area contributed by atoms with Crippen LogP contribution in [0.4, 0.5) is 17.6 Å². The van der Waals surface area contributed by atoms with Gasteiger partial charge in [-0.1, -0.05) is 0 Å². The summed E-state index contributed by atoms with van der Waals surface area (Å²) in [6, 6.07) is 0. The predicted molar refractivity (Wildman–Crippen MR) is 29.3 cm³/mol. The van der Waals surface area contributed by atoms with Gasteiger partial charge in [-0.3, -0.25) is 0 Å². The molecule has 0 aromatic rings. The second-order valence-corrected chi connectivity index (χ2v) is 2.13. The largest absolute Gasteiger partial charge is 0.382 e. The Morgan fingerprint density at radius 2 is 1.82 bits per heavy atom. The van der Waals surface area contributed by atoms with Crippen molar-refractivity contribution < 1.29 is 22.7 Å². The average molecular weight is 168 g/mol. The zero-order chi connectivity index (χ0) is 8.65. The van der Waals surface area contributed by atoms with E-state index in [1.807, 2.05) is 0 Å². The summed E-state index contributed by atoms with van der Waals surface area (Å²) in [7, 11) is 0. The third-order valence-corrected chi connectivity index (χ3v) is 1.25. The second kappa shape index (κ2) is 2.34. The molecule has 1 aliphatic rings. The van der Waals surface area contributed by atoms with Crippen molar-refractivity contribution in [3.63, 3.8) is 0 Å². The van der Waals surface area contributed by atoms with E-state index in [2.05, 4.69) is 0 Å². The molecule has 11 heavy (non-hydrogen) atoms. The summed E-state index contributed by atoms with van der Waals surface area (Å²) in [6.45, 7) is 0. The van der Waals surface area contributed by atoms with Crippen LogP contribution in [0.5, 0.6) is 0 Å². The Hall–Kier alpha value is -0.840. The minimum Gasteiger partial charge on any atom is -0.382 e. The van der Waals surface area contributed by atoms with Crippen LogP contribution >= 0.6 is 0 Å². The molecule has 0 aromatic carbocycles. The number of allylic oxidation sites excluding steroid dienone is 2. The fourth-order valence-corrected chi connectivity index (χ4v) is 0.653. The van der Waals surface area contributed by atoms with Crippen LogP contribution in [-0.4, -0.2) is 17.1 Å². The summed E-state index contributed by atoms with van der Waals surface area (Å²) in [5.74, 6) is -6.80. The normalized spacial score (nSPS) is 29.4. The molecule has 1 atom stereocenters. The standard InChI is InChI=1S/C6H4F4O/c7-3-1-5(11)6(9,10)2-4(3)8/h1-2,5,11H. The van der Waals surface area contributed by atoms with Gasteiger partial charge in [-0.25, -0.2) is 8.78 Å². The smallest absolute Gasteiger partial charge is 0.298 e. The summed E-state index contributed by atoms with van der Waals surface area (Å²) in [6.07, 6.45) is -2.38. The molecule has 0 saturated carbocycles. The molecule has 0 heterocycles. The molecule has 1 N–H and O–H groups in total. The predicted octanol–water partition coefficient (Wildman–Crippen LogP) is 1.70. The van der Waals surface area contributed by atoms with Crippen molar-refractivity contribution in [3.8, 4) is 0 Å². The van der Waals surface area contributed by atoms with Crippen LogP contribution in [0.2, 0.25) is 0 Å². The first-order valence-corrected chi connectivity index (χ1v) is 2.75. The lowest BCUT2D eigenvalue weighted by molar-refractivity contribution is -0.0498. The van der Waals surface area contributed by atoms with Gasteiger partial charge in [0, 0.05) is 6.08 Å². The molecule has 0 bridgehead atoms. The summed E-state index contributed by atoms with van der Waals surface area (Å²) >= 11 is 0. The van der Waals surface area contributed by atoms with E-state index in [-0.39, 0.29) is 12.2 Å². The van der Waals surface area contributed by atoms with E-state index in [4.69, 9.17) is 5.11 Å². The number of rotatable bonds is 0. The van der Waals surface area contributed by atoms with Crippen LogP contribution in [0.15, 0.2) is 23.8 Å². The molecule has 1 rings (SSSR count). The second-order valence-electron chi connectivity index (χ2n) is 2.13. The SMILES string of the molecule is OC1C=C(F)C(F)=CC1(F)F. The van der Waals surface area contributed by atoms with Gasteiger partial charge in [0.15, 0.2) is 11.7 Å². The van der Waals surface area contributed by atoms with Gasteiger partial charge < -0.3 is 5.11 Å². The summed E-state index contributed by atoms with van der Waals surface area (Å²) in [4.78, 5) is 0. The molecule has 1 unspecified atom stereocenters. The molecule has 0 radical (unpaired) electrons. The zero-order valence-electron chi connectivity index (χ0n) is 5.19. The molecule has 0 spiro atoms. The van der Waals surface area contributed by atoms with Crippen molar-refractivity contribution in [1.29, 1.82) is 0 Å². The number of alkyl halides is 2. The number of hydrogen-bond acceptors (Lipinski definition) is 1. The van der Waals surface area contributed by atoms with Crippen molar-refractivity contribution in [1.82, 2.24) is 0 Å². The minimum atomic E-state index is -3.71. The van der Waals surface area contributed by atoms with E-state index in [9.17, 15) is 17.6 Å². The zero-order valence-corrected chi connectivity index (χ0v) is 5.19. The van der Waals surface area contributed by atoms with Crippen LogP contribution < -0.4 is 0 Å². The maximum Gasteiger partial charge on any atom is 0.298 e. The molecule has 5 heteroatoms. The molecule has 0 aliphatic heterocycles. The molecule has 0 amide bonds. The van der Waals surface area contributed by atoms with Crippen LogP contribution in [0.3, 0.4) is 0 Å². The minimum absolute atomic E-state index is 0.134. The average Bonchev–Trinajstić information content (AvgIpc) is 1.83. The molecular formula is C6H4F4O. The molecule has 0 fully saturated rings. The highest BCUT2D eigenvalue weighted by Crippen LogP contribution is 2.31. The highest BCUT2D eigenvalue weighted by Gasteiger charge is 2.39. The summed E-state index contributed by atoms with van der Waals surface area (Å²) in [5.41, 5.74) is 0. The molecule has 0 aromatic heterocycles. The Labute approximate surface area is 59.6 Å². The first-order chi connectivity index (χ1) is 4.93. The third-order valence-electron chi connectivity index (χ3n) is 1.25. The van der Waals surface area contributed by atoms with Crippen LogP contribution in [0.25, 0.3) is 0 Å². The quantitative estimate of drug-likeness (QED) is 0.546. The summed E-state index contributed by atoms with van der Waals surface area (Å²) in [5, 5.41) is 8.45. The van der Waals surface area contributed by atoms with Crippen molar-refractivity contribution in [2.45, 2.75) is 12.0 Å². The molecule has 1 nitrogen and oxygen atoms in total. The van der Waals surface area contributed by atoms with E-state index < -0.39 is 23.7 Å². The lowest BCUT2D eigenvalue weighted by Gasteiger charge is -2.19. The maximum absolute atomic E-state index is 12.2. The molecule has 1 aliphatic carbocycles. The molecule has 62 valence electrons. The lowest BCUT2D eigenvalue weighted by atomic mass is 10.1. The first kappa shape index (κ1) is 8.26. The Balaban J connectivity index is 2.98. The van der Waals surface area contributed by atoms with Gasteiger partial charge in [-0.2, -0.15) is 8.78 Å². The highest BCUT2D eigenvalue weighted by molar-refractivity contribution is 5.29. The monoisotopic (exact) mass is 168 g/mol. The first-order valence-electron chi connectivity index (χ1n) is 2.75. The number of hydrogen-bond donors (Lipinski definition) is 1. The number of halogens is 4. The fourth-order valence-electron chi connectivity index (χ4n) is 0.653. The van der Waals surface area contributed by atoms with Gasteiger partial charge >= 0.3 is 0 Å². The van der Waals surface area contributed by atoms with Gasteiger partial charge in [0.2, 0.25) is 0 Å². The van der Waals surface area contributed by atoms with Gasteiger partial charge in [0.05, 0.1) is 0 Å². The van der Waals surface area contributed by atoms with Crippen molar-refractivity contribution >= 4 is 0 Å². The van der Waals surface area contributed by atoms with Crippen molar-refractivity contribution in [2.24, 2.45) is 0 Å². The van der Waals surface area contributed by atoms with Gasteiger partial charge in [-0.05, 0) is 6.08 Å². The number of aliphatic hydroxyl groups excluding tert-OH is 1. The Bertz CT molecular complexity index is 231. The van der Waals surface area contributed by atoms with Crippen LogP contribution in [-0.2, 0) is 0 Å². The maximum atomic E-state index is 12.2. The Morgan fingerprint density at radius 1 is 1.27 bits per heavy atom. The van der Waals surface area contributed by atoms with Crippen molar-refractivity contribution in [3.05, 3.63) is 23.8 Å². The summed E-state index contributed by atoms with van der Waals surface area (Å²) < 4.78 is 48.7. The van der Waals surface area contributed by atoms with E-state index in [0.717, 1.165) is 0 Å². The van der Waals surface area contributed by atoms with Gasteiger partial charge in [-0.15, -0.1) is 0 Å². The van der Waals surface area contributed by atoms with E-state index in [1.165, 1.54) is 0 Å². The van der Waals surface area contributed by atoms with Crippen molar-refractivity contribution in [2.75, 3.05) is 0 Å². The van der Waals surface area contributed by atoms with E-state index in [1.54, 1.807) is 0 Å². The lowest BCUT2D eigenvalue weighted by Crippen LogP contribution is -2.32. The van der Waals surface area contributed by atoms with Gasteiger partial charge in [0.1, 0.15) is 6.10 Å².